The fourth-order valence-electron chi connectivity index (χ4n) is 2.27. The predicted octanol–water partition coefficient (Wildman–Crippen LogP) is 3.73. The number of carbonyl (C=O) groups excluding carboxylic acids is 3. The number of esters is 1. The highest BCUT2D eigenvalue weighted by Gasteiger charge is 2.16. The van der Waals surface area contributed by atoms with E-state index < -0.39 is 24.5 Å². The lowest BCUT2D eigenvalue weighted by Gasteiger charge is -2.13. The number of benzene rings is 2. The third-order valence-electron chi connectivity index (χ3n) is 3.52. The van der Waals surface area contributed by atoms with Crippen molar-refractivity contribution in [3.63, 3.8) is 0 Å². The van der Waals surface area contributed by atoms with Crippen molar-refractivity contribution < 1.29 is 19.1 Å². The Labute approximate surface area is 168 Å². The molecule has 2 aromatic carbocycles. The van der Waals surface area contributed by atoms with E-state index in [1.54, 1.807) is 42.1 Å². The minimum atomic E-state index is -0.701. The van der Waals surface area contributed by atoms with Gasteiger partial charge in [0, 0.05) is 16.6 Å². The monoisotopic (exact) mass is 401 g/mol. The number of ether oxygens (including phenoxy) is 1. The molecule has 8 heteroatoms. The van der Waals surface area contributed by atoms with Crippen molar-refractivity contribution in [1.29, 1.82) is 0 Å². The maximum atomic E-state index is 12.3. The van der Waals surface area contributed by atoms with Crippen LogP contribution in [0.2, 0.25) is 0 Å². The molecule has 0 radical (unpaired) electrons. The average Bonchev–Trinajstić information content (AvgIpc) is 2.66. The molecule has 0 aliphatic heterocycles. The zero-order valence-corrected chi connectivity index (χ0v) is 16.8. The van der Waals surface area contributed by atoms with E-state index in [-0.39, 0.29) is 11.6 Å². The van der Waals surface area contributed by atoms with Crippen molar-refractivity contribution in [1.82, 2.24) is 5.32 Å². The van der Waals surface area contributed by atoms with Gasteiger partial charge in [0.2, 0.25) is 0 Å². The zero-order chi connectivity index (χ0) is 20.5. The van der Waals surface area contributed by atoms with Crippen LogP contribution in [0.25, 0.3) is 0 Å². The van der Waals surface area contributed by atoms with Crippen LogP contribution in [0.4, 0.5) is 16.2 Å². The number of anilines is 2. The summed E-state index contributed by atoms with van der Waals surface area (Å²) in [6, 6.07) is 13.3. The van der Waals surface area contributed by atoms with Gasteiger partial charge in [-0.15, -0.1) is 11.8 Å². The number of hydrogen-bond donors (Lipinski definition) is 3. The number of rotatable bonds is 7. The molecule has 2 aromatic rings. The van der Waals surface area contributed by atoms with Crippen molar-refractivity contribution in [2.75, 3.05) is 23.5 Å². The first-order valence-corrected chi connectivity index (χ1v) is 9.89. The molecular weight excluding hydrogens is 378 g/mol. The van der Waals surface area contributed by atoms with Crippen LogP contribution < -0.4 is 16.0 Å². The number of nitrogens with one attached hydrogen (secondary N) is 3. The molecule has 0 heterocycles. The molecule has 0 saturated heterocycles. The molecular formula is C20H23N3O4S. The van der Waals surface area contributed by atoms with E-state index in [0.29, 0.717) is 11.4 Å². The lowest BCUT2D eigenvalue weighted by atomic mass is 10.2. The Kier molecular flexibility index (Phi) is 7.88. The highest BCUT2D eigenvalue weighted by atomic mass is 32.2. The second-order valence-corrected chi connectivity index (χ2v) is 7.03. The summed E-state index contributed by atoms with van der Waals surface area (Å²) < 4.78 is 5.08. The van der Waals surface area contributed by atoms with Crippen LogP contribution in [0.5, 0.6) is 0 Å². The van der Waals surface area contributed by atoms with Gasteiger partial charge < -0.3 is 20.7 Å². The lowest BCUT2D eigenvalue weighted by Crippen LogP contribution is -2.34. The van der Waals surface area contributed by atoms with Gasteiger partial charge in [-0.25, -0.2) is 9.59 Å². The summed E-state index contributed by atoms with van der Waals surface area (Å²) >= 11 is 1.60. The van der Waals surface area contributed by atoms with Gasteiger partial charge in [-0.05, 0) is 56.5 Å². The third-order valence-corrected chi connectivity index (χ3v) is 4.27. The van der Waals surface area contributed by atoms with Gasteiger partial charge in [-0.1, -0.05) is 12.1 Å². The van der Waals surface area contributed by atoms with Gasteiger partial charge in [-0.3, -0.25) is 4.79 Å². The summed E-state index contributed by atoms with van der Waals surface area (Å²) in [6.45, 7) is 3.22. The normalized spacial score (nSPS) is 10.3. The Morgan fingerprint density at radius 1 is 1.00 bits per heavy atom. The van der Waals surface area contributed by atoms with Gasteiger partial charge >= 0.3 is 12.0 Å². The number of thioether (sulfide) groups is 1. The standard InChI is InChI=1S/C20H23N3O4S/c1-13(2)21-20(26)23-17-7-5-4-6-16(17)19(25)27-12-18(24)22-14-8-10-15(28-3)11-9-14/h4-11,13H,12H2,1-3H3,(H,22,24)(H2,21,23,26). The Morgan fingerprint density at radius 2 is 1.68 bits per heavy atom. The Hall–Kier alpha value is -3.00. The number of amides is 3. The zero-order valence-electron chi connectivity index (χ0n) is 15.9. The summed E-state index contributed by atoms with van der Waals surface area (Å²) in [7, 11) is 0. The van der Waals surface area contributed by atoms with Crippen LogP contribution in [-0.4, -0.2) is 36.8 Å². The van der Waals surface area contributed by atoms with Crippen molar-refractivity contribution in [2.24, 2.45) is 0 Å². The van der Waals surface area contributed by atoms with Crippen molar-refractivity contribution >= 4 is 41.0 Å². The first kappa shape index (κ1) is 21.3. The number of carbonyl (C=O) groups is 3. The first-order chi connectivity index (χ1) is 13.4. The van der Waals surface area contributed by atoms with Crippen LogP contribution in [0.15, 0.2) is 53.4 Å². The van der Waals surface area contributed by atoms with E-state index in [1.165, 1.54) is 6.07 Å². The Balaban J connectivity index is 1.93. The van der Waals surface area contributed by atoms with Crippen LogP contribution >= 0.6 is 11.8 Å². The third kappa shape index (κ3) is 6.62. The van der Waals surface area contributed by atoms with E-state index in [9.17, 15) is 14.4 Å². The molecule has 0 aliphatic carbocycles. The second kappa shape index (κ2) is 10.4. The smallest absolute Gasteiger partial charge is 0.340 e. The maximum absolute atomic E-state index is 12.3. The van der Waals surface area contributed by atoms with Crippen LogP contribution in [-0.2, 0) is 9.53 Å². The molecule has 0 aliphatic rings. The molecule has 3 N–H and O–H groups in total. The van der Waals surface area contributed by atoms with E-state index in [2.05, 4.69) is 16.0 Å². The van der Waals surface area contributed by atoms with Crippen LogP contribution in [0.1, 0.15) is 24.2 Å². The second-order valence-electron chi connectivity index (χ2n) is 6.15. The summed E-state index contributed by atoms with van der Waals surface area (Å²) in [6.07, 6.45) is 1.96. The van der Waals surface area contributed by atoms with Crippen LogP contribution in [0.3, 0.4) is 0 Å². The molecule has 7 nitrogen and oxygen atoms in total. The molecule has 0 atom stereocenters. The molecule has 28 heavy (non-hydrogen) atoms. The van der Waals surface area contributed by atoms with Gasteiger partial charge in [0.1, 0.15) is 0 Å². The largest absolute Gasteiger partial charge is 0.452 e. The highest BCUT2D eigenvalue weighted by Crippen LogP contribution is 2.18. The van der Waals surface area contributed by atoms with E-state index >= 15 is 0 Å². The first-order valence-electron chi connectivity index (χ1n) is 8.66. The summed E-state index contributed by atoms with van der Waals surface area (Å²) in [5, 5.41) is 7.95. The van der Waals surface area contributed by atoms with E-state index in [1.807, 2.05) is 32.2 Å². The van der Waals surface area contributed by atoms with Gasteiger partial charge in [-0.2, -0.15) is 0 Å². The molecule has 0 fully saturated rings. The van der Waals surface area contributed by atoms with E-state index in [0.717, 1.165) is 4.90 Å². The fraction of sp³-hybridized carbons (Fsp3) is 0.250. The highest BCUT2D eigenvalue weighted by molar-refractivity contribution is 7.98. The van der Waals surface area contributed by atoms with E-state index in [4.69, 9.17) is 4.74 Å². The molecule has 148 valence electrons. The van der Waals surface area contributed by atoms with Crippen molar-refractivity contribution in [3.8, 4) is 0 Å². The SMILES string of the molecule is CSc1ccc(NC(=O)COC(=O)c2ccccc2NC(=O)NC(C)C)cc1. The molecule has 0 bridgehead atoms. The minimum Gasteiger partial charge on any atom is -0.452 e. The molecule has 2 rings (SSSR count). The quantitative estimate of drug-likeness (QED) is 0.485. The van der Waals surface area contributed by atoms with Gasteiger partial charge in [0.05, 0.1) is 11.3 Å². The predicted molar refractivity (Wildman–Crippen MR) is 111 cm³/mol. The molecule has 0 saturated carbocycles. The van der Waals surface area contributed by atoms with Crippen molar-refractivity contribution in [3.05, 3.63) is 54.1 Å². The number of hydrogen-bond acceptors (Lipinski definition) is 5. The fourth-order valence-corrected chi connectivity index (χ4v) is 2.68. The number of urea groups is 1. The maximum Gasteiger partial charge on any atom is 0.340 e. The summed E-state index contributed by atoms with van der Waals surface area (Å²) in [5.41, 5.74) is 1.09. The van der Waals surface area contributed by atoms with Crippen LogP contribution in [0, 0.1) is 0 Å². The average molecular weight is 401 g/mol. The molecule has 0 aromatic heterocycles. The molecule has 0 spiro atoms. The molecule has 3 amide bonds. The molecule has 0 unspecified atom stereocenters. The summed E-state index contributed by atoms with van der Waals surface area (Å²) in [5.74, 6) is -1.15. The van der Waals surface area contributed by atoms with Gasteiger partial charge in [0.25, 0.3) is 5.91 Å². The topological polar surface area (TPSA) is 96.5 Å². The number of para-hydroxylation sites is 1. The lowest BCUT2D eigenvalue weighted by molar-refractivity contribution is -0.119. The van der Waals surface area contributed by atoms with Crippen molar-refractivity contribution in [2.45, 2.75) is 24.8 Å². The Bertz CT molecular complexity index is 838. The minimum absolute atomic E-state index is 0.0483. The summed E-state index contributed by atoms with van der Waals surface area (Å²) in [4.78, 5) is 37.3. The van der Waals surface area contributed by atoms with Gasteiger partial charge in [0.15, 0.2) is 6.61 Å². The Morgan fingerprint density at radius 3 is 2.32 bits per heavy atom.